The molecule has 0 bridgehead atoms. The maximum atomic E-state index is 11.9. The molecule has 6 nitrogen and oxygen atoms in total. The van der Waals surface area contributed by atoms with Gasteiger partial charge in [0.2, 0.25) is 0 Å². The summed E-state index contributed by atoms with van der Waals surface area (Å²) in [7, 11) is 1.66. The number of carbonyl (C=O) groups excluding carboxylic acids is 1. The first kappa shape index (κ1) is 18.5. The third-order valence-electron chi connectivity index (χ3n) is 4.92. The number of imidazole rings is 1. The average molecular weight is 357 g/mol. The Morgan fingerprint density at radius 2 is 2.15 bits per heavy atom. The van der Waals surface area contributed by atoms with Crippen molar-refractivity contribution in [2.45, 2.75) is 32.9 Å². The van der Waals surface area contributed by atoms with Crippen LogP contribution in [0.4, 0.5) is 0 Å². The molecule has 2 aromatic rings. The van der Waals surface area contributed by atoms with Crippen molar-refractivity contribution in [3.05, 3.63) is 36.7 Å². The number of hydrogen-bond donors (Lipinski definition) is 0. The van der Waals surface area contributed by atoms with Crippen LogP contribution in [0.3, 0.4) is 0 Å². The molecule has 1 fully saturated rings. The Labute approximate surface area is 154 Å². The van der Waals surface area contributed by atoms with Crippen LogP contribution in [0.1, 0.15) is 25.6 Å². The zero-order valence-corrected chi connectivity index (χ0v) is 15.6. The van der Waals surface area contributed by atoms with E-state index in [4.69, 9.17) is 14.5 Å². The van der Waals surface area contributed by atoms with Crippen LogP contribution in [0.2, 0.25) is 0 Å². The third kappa shape index (κ3) is 3.90. The summed E-state index contributed by atoms with van der Waals surface area (Å²) in [6, 6.07) is 5.96. The lowest BCUT2D eigenvalue weighted by atomic mass is 9.97. The average Bonchev–Trinajstić information content (AvgIpc) is 2.99. The second kappa shape index (κ2) is 8.36. The molecule has 0 saturated carbocycles. The molecule has 0 amide bonds. The van der Waals surface area contributed by atoms with Gasteiger partial charge in [-0.05, 0) is 45.0 Å². The summed E-state index contributed by atoms with van der Waals surface area (Å²) in [5.41, 5.74) is 2.02. The predicted octanol–water partition coefficient (Wildman–Crippen LogP) is 3.01. The van der Waals surface area contributed by atoms with Crippen molar-refractivity contribution in [3.8, 4) is 5.75 Å². The number of piperidine rings is 1. The number of fused-ring (bicyclic) bond motifs is 1. The van der Waals surface area contributed by atoms with E-state index in [0.29, 0.717) is 6.61 Å². The summed E-state index contributed by atoms with van der Waals surface area (Å²) in [6.45, 7) is 9.42. The first-order chi connectivity index (χ1) is 12.7. The minimum atomic E-state index is -0.0573. The fraction of sp³-hybridized carbons (Fsp3) is 0.500. The van der Waals surface area contributed by atoms with Gasteiger partial charge in [0.1, 0.15) is 11.6 Å². The van der Waals surface area contributed by atoms with Crippen molar-refractivity contribution in [2.24, 2.45) is 5.92 Å². The SMILES string of the molecule is C=CCn1c(CN2CCC(C(=O)OCC)CC2)nc2cc(OC)ccc21. The molecule has 1 saturated heterocycles. The molecule has 3 rings (SSSR count). The van der Waals surface area contributed by atoms with Crippen LogP contribution in [0, 0.1) is 5.92 Å². The highest BCUT2D eigenvalue weighted by molar-refractivity contribution is 5.78. The lowest BCUT2D eigenvalue weighted by molar-refractivity contribution is -0.149. The van der Waals surface area contributed by atoms with Gasteiger partial charge in [-0.3, -0.25) is 9.69 Å². The number of nitrogens with zero attached hydrogens (tertiary/aromatic N) is 3. The van der Waals surface area contributed by atoms with Gasteiger partial charge in [0.15, 0.2) is 0 Å². The van der Waals surface area contributed by atoms with Gasteiger partial charge in [-0.1, -0.05) is 6.08 Å². The monoisotopic (exact) mass is 357 g/mol. The minimum Gasteiger partial charge on any atom is -0.497 e. The standard InChI is InChI=1S/C20H27N3O3/c1-4-10-23-18-7-6-16(25-3)13-17(18)21-19(23)14-22-11-8-15(9-12-22)20(24)26-5-2/h4,6-7,13,15H,1,5,8-12,14H2,2-3H3. The summed E-state index contributed by atoms with van der Waals surface area (Å²) in [5.74, 6) is 1.80. The van der Waals surface area contributed by atoms with Crippen molar-refractivity contribution in [1.29, 1.82) is 0 Å². The molecule has 26 heavy (non-hydrogen) atoms. The van der Waals surface area contributed by atoms with Crippen molar-refractivity contribution >= 4 is 17.0 Å². The molecule has 0 aliphatic carbocycles. The van der Waals surface area contributed by atoms with Gasteiger partial charge < -0.3 is 14.0 Å². The van der Waals surface area contributed by atoms with Crippen LogP contribution in [0.15, 0.2) is 30.9 Å². The molecular weight excluding hydrogens is 330 g/mol. The number of hydrogen-bond acceptors (Lipinski definition) is 5. The number of allylic oxidation sites excluding steroid dienone is 1. The van der Waals surface area contributed by atoms with Gasteiger partial charge in [-0.15, -0.1) is 6.58 Å². The number of methoxy groups -OCH3 is 1. The zero-order chi connectivity index (χ0) is 18.5. The van der Waals surface area contributed by atoms with Crippen LogP contribution in [0.5, 0.6) is 5.75 Å². The molecule has 1 aliphatic heterocycles. The highest BCUT2D eigenvalue weighted by atomic mass is 16.5. The van der Waals surface area contributed by atoms with Crippen molar-refractivity contribution < 1.29 is 14.3 Å². The van der Waals surface area contributed by atoms with E-state index in [-0.39, 0.29) is 11.9 Å². The highest BCUT2D eigenvalue weighted by Crippen LogP contribution is 2.24. The molecule has 1 aromatic heterocycles. The molecule has 1 aromatic carbocycles. The van der Waals surface area contributed by atoms with E-state index in [1.807, 2.05) is 31.2 Å². The van der Waals surface area contributed by atoms with Gasteiger partial charge in [0.25, 0.3) is 0 Å². The molecule has 0 N–H and O–H groups in total. The van der Waals surface area contributed by atoms with Crippen molar-refractivity contribution in [3.63, 3.8) is 0 Å². The van der Waals surface area contributed by atoms with Crippen LogP contribution < -0.4 is 4.74 Å². The minimum absolute atomic E-state index is 0.0300. The molecule has 1 aliphatic rings. The predicted molar refractivity (Wildman–Crippen MR) is 101 cm³/mol. The molecule has 2 heterocycles. The Kier molecular flexibility index (Phi) is 5.93. The maximum Gasteiger partial charge on any atom is 0.309 e. The molecule has 0 unspecified atom stereocenters. The van der Waals surface area contributed by atoms with Crippen LogP contribution in [-0.2, 0) is 22.6 Å². The summed E-state index contributed by atoms with van der Waals surface area (Å²) in [6.07, 6.45) is 3.57. The second-order valence-electron chi connectivity index (χ2n) is 6.58. The summed E-state index contributed by atoms with van der Waals surface area (Å²) in [4.78, 5) is 19.1. The number of rotatable bonds is 7. The number of carbonyl (C=O) groups is 1. The van der Waals surface area contributed by atoms with Gasteiger partial charge in [-0.2, -0.15) is 0 Å². The molecule has 140 valence electrons. The Bertz CT molecular complexity index is 776. The Hall–Kier alpha value is -2.34. The first-order valence-electron chi connectivity index (χ1n) is 9.19. The lowest BCUT2D eigenvalue weighted by Gasteiger charge is -2.30. The van der Waals surface area contributed by atoms with Crippen molar-refractivity contribution in [2.75, 3.05) is 26.8 Å². The molecule has 0 spiro atoms. The third-order valence-corrected chi connectivity index (χ3v) is 4.92. The number of likely N-dealkylation sites (tertiary alicyclic amines) is 1. The maximum absolute atomic E-state index is 11.9. The summed E-state index contributed by atoms with van der Waals surface area (Å²) >= 11 is 0. The number of benzene rings is 1. The second-order valence-corrected chi connectivity index (χ2v) is 6.58. The van der Waals surface area contributed by atoms with Crippen molar-refractivity contribution in [1.82, 2.24) is 14.5 Å². The summed E-state index contributed by atoms with van der Waals surface area (Å²) in [5, 5.41) is 0. The fourth-order valence-corrected chi connectivity index (χ4v) is 3.53. The normalized spacial score (nSPS) is 15.9. The van der Waals surface area contributed by atoms with E-state index in [2.05, 4.69) is 16.0 Å². The Balaban J connectivity index is 1.73. The molecule has 0 radical (unpaired) electrons. The van der Waals surface area contributed by atoms with Crippen LogP contribution in [-0.4, -0.2) is 47.2 Å². The van der Waals surface area contributed by atoms with E-state index in [1.165, 1.54) is 0 Å². The largest absolute Gasteiger partial charge is 0.497 e. The number of ether oxygens (including phenoxy) is 2. The topological polar surface area (TPSA) is 56.6 Å². The van der Waals surface area contributed by atoms with E-state index in [9.17, 15) is 4.79 Å². The van der Waals surface area contributed by atoms with Gasteiger partial charge in [0, 0.05) is 12.6 Å². The first-order valence-corrected chi connectivity index (χ1v) is 9.19. The lowest BCUT2D eigenvalue weighted by Crippen LogP contribution is -2.37. The van der Waals surface area contributed by atoms with E-state index in [0.717, 1.165) is 61.6 Å². The van der Waals surface area contributed by atoms with Crippen LogP contribution in [0.25, 0.3) is 11.0 Å². The molecule has 0 atom stereocenters. The van der Waals surface area contributed by atoms with E-state index >= 15 is 0 Å². The van der Waals surface area contributed by atoms with Gasteiger partial charge in [-0.25, -0.2) is 4.98 Å². The fourth-order valence-electron chi connectivity index (χ4n) is 3.53. The number of esters is 1. The Morgan fingerprint density at radius 1 is 1.38 bits per heavy atom. The zero-order valence-electron chi connectivity index (χ0n) is 15.6. The smallest absolute Gasteiger partial charge is 0.309 e. The molecule has 6 heteroatoms. The highest BCUT2D eigenvalue weighted by Gasteiger charge is 2.26. The van der Waals surface area contributed by atoms with E-state index in [1.54, 1.807) is 7.11 Å². The van der Waals surface area contributed by atoms with Gasteiger partial charge >= 0.3 is 5.97 Å². The summed E-state index contributed by atoms with van der Waals surface area (Å²) < 4.78 is 12.7. The van der Waals surface area contributed by atoms with E-state index < -0.39 is 0 Å². The number of aromatic nitrogens is 2. The Morgan fingerprint density at radius 3 is 2.81 bits per heavy atom. The molecular formula is C20H27N3O3. The van der Waals surface area contributed by atoms with Crippen LogP contribution >= 0.6 is 0 Å². The quantitative estimate of drug-likeness (QED) is 0.563. The van der Waals surface area contributed by atoms with Gasteiger partial charge in [0.05, 0.1) is 37.2 Å².